The van der Waals surface area contributed by atoms with Gasteiger partial charge in [0.1, 0.15) is 0 Å². The van der Waals surface area contributed by atoms with Crippen LogP contribution >= 0.6 is 0 Å². The first kappa shape index (κ1) is 18.7. The molecule has 0 aliphatic carbocycles. The van der Waals surface area contributed by atoms with E-state index in [0.29, 0.717) is 24.3 Å². The first-order chi connectivity index (χ1) is 12.2. The molecule has 2 aromatic carbocycles. The summed E-state index contributed by atoms with van der Waals surface area (Å²) >= 11 is 0. The molecule has 1 aliphatic rings. The number of nitrogens with zero attached hydrogens (tertiary/aromatic N) is 1. The fourth-order valence-corrected chi connectivity index (χ4v) is 5.16. The van der Waals surface area contributed by atoms with Crippen molar-refractivity contribution in [1.29, 1.82) is 0 Å². The molecule has 2 aromatic rings. The Hall–Kier alpha value is -2.06. The highest BCUT2D eigenvalue weighted by molar-refractivity contribution is 7.92. The van der Waals surface area contributed by atoms with Crippen LogP contribution in [0.15, 0.2) is 48.5 Å². The van der Waals surface area contributed by atoms with E-state index in [1.54, 1.807) is 18.2 Å². The summed E-state index contributed by atoms with van der Waals surface area (Å²) in [7, 11) is -6.92. The van der Waals surface area contributed by atoms with Crippen LogP contribution in [0.2, 0.25) is 0 Å². The summed E-state index contributed by atoms with van der Waals surface area (Å²) in [6.07, 6.45) is 3.11. The summed E-state index contributed by atoms with van der Waals surface area (Å²) in [6.45, 7) is 0.413. The molecular formula is C18H22N2O4S2. The number of nitrogens with one attached hydrogen (secondary N) is 1. The van der Waals surface area contributed by atoms with Crippen LogP contribution in [-0.2, 0) is 32.9 Å². The highest BCUT2D eigenvalue weighted by Gasteiger charge is 2.24. The van der Waals surface area contributed by atoms with Crippen LogP contribution in [0.25, 0.3) is 0 Å². The van der Waals surface area contributed by atoms with Gasteiger partial charge in [0.05, 0.1) is 23.4 Å². The van der Waals surface area contributed by atoms with Gasteiger partial charge in [0.15, 0.2) is 0 Å². The van der Waals surface area contributed by atoms with Gasteiger partial charge in [-0.1, -0.05) is 36.4 Å². The summed E-state index contributed by atoms with van der Waals surface area (Å²) in [4.78, 5) is 0. The molecule has 8 heteroatoms. The standard InChI is InChI=1S/C18H22N2O4S2/c1-25(21,22)20-12-5-8-16-9-10-17(14-18(16)20)19-26(23,24)13-11-15-6-3-2-4-7-15/h2-4,6-7,9-10,14,19H,5,8,11-13H2,1H3. The van der Waals surface area contributed by atoms with E-state index in [4.69, 9.17) is 0 Å². The lowest BCUT2D eigenvalue weighted by molar-refractivity contribution is 0.592. The number of sulfonamides is 2. The molecule has 0 amide bonds. The smallest absolute Gasteiger partial charge is 0.233 e. The molecule has 1 heterocycles. The molecule has 0 spiro atoms. The normalized spacial score (nSPS) is 14.7. The van der Waals surface area contributed by atoms with Crippen molar-refractivity contribution in [2.45, 2.75) is 19.3 Å². The van der Waals surface area contributed by atoms with Gasteiger partial charge >= 0.3 is 0 Å². The first-order valence-corrected chi connectivity index (χ1v) is 11.9. The Morgan fingerprint density at radius 2 is 1.77 bits per heavy atom. The van der Waals surface area contributed by atoms with Crippen molar-refractivity contribution in [1.82, 2.24) is 0 Å². The molecule has 3 rings (SSSR count). The minimum atomic E-state index is -3.53. The average Bonchev–Trinajstić information content (AvgIpc) is 2.59. The molecule has 0 saturated carbocycles. The summed E-state index contributed by atoms with van der Waals surface area (Å²) in [5.74, 6) is -0.0378. The summed E-state index contributed by atoms with van der Waals surface area (Å²) < 4.78 is 52.6. The van der Waals surface area contributed by atoms with Gasteiger partial charge in [-0.15, -0.1) is 0 Å². The average molecular weight is 395 g/mol. The second-order valence-corrected chi connectivity index (χ2v) is 10.2. The van der Waals surface area contributed by atoms with Gasteiger partial charge in [0, 0.05) is 6.54 Å². The monoisotopic (exact) mass is 394 g/mol. The van der Waals surface area contributed by atoms with Crippen LogP contribution in [0.3, 0.4) is 0 Å². The zero-order valence-electron chi connectivity index (χ0n) is 14.6. The van der Waals surface area contributed by atoms with Gasteiger partial charge in [0.2, 0.25) is 20.0 Å². The molecular weight excluding hydrogens is 372 g/mol. The molecule has 0 fully saturated rings. The van der Waals surface area contributed by atoms with Gasteiger partial charge in [-0.05, 0) is 42.5 Å². The molecule has 6 nitrogen and oxygen atoms in total. The van der Waals surface area contributed by atoms with Crippen LogP contribution in [0.1, 0.15) is 17.5 Å². The molecule has 0 bridgehead atoms. The number of benzene rings is 2. The SMILES string of the molecule is CS(=O)(=O)N1CCCc2ccc(NS(=O)(=O)CCc3ccccc3)cc21. The number of hydrogen-bond acceptors (Lipinski definition) is 4. The van der Waals surface area contributed by atoms with Crippen molar-refractivity contribution < 1.29 is 16.8 Å². The van der Waals surface area contributed by atoms with Crippen molar-refractivity contribution in [3.8, 4) is 0 Å². The zero-order chi connectivity index (χ0) is 18.8. The Morgan fingerprint density at radius 1 is 1.04 bits per heavy atom. The number of rotatable bonds is 6. The van der Waals surface area contributed by atoms with Crippen LogP contribution in [0.4, 0.5) is 11.4 Å². The highest BCUT2D eigenvalue weighted by atomic mass is 32.2. The van der Waals surface area contributed by atoms with Gasteiger partial charge in [-0.2, -0.15) is 0 Å². The number of anilines is 2. The number of hydrogen-bond donors (Lipinski definition) is 1. The lowest BCUT2D eigenvalue weighted by atomic mass is 10.0. The highest BCUT2D eigenvalue weighted by Crippen LogP contribution is 2.32. The lowest BCUT2D eigenvalue weighted by Crippen LogP contribution is -2.34. The Balaban J connectivity index is 1.78. The van der Waals surface area contributed by atoms with E-state index in [1.165, 1.54) is 10.6 Å². The van der Waals surface area contributed by atoms with Crippen LogP contribution < -0.4 is 9.03 Å². The third-order valence-corrected chi connectivity index (χ3v) is 6.81. The maximum absolute atomic E-state index is 12.4. The third kappa shape index (κ3) is 4.56. The zero-order valence-corrected chi connectivity index (χ0v) is 16.2. The van der Waals surface area contributed by atoms with E-state index >= 15 is 0 Å². The van der Waals surface area contributed by atoms with E-state index in [2.05, 4.69) is 4.72 Å². The topological polar surface area (TPSA) is 83.6 Å². The molecule has 140 valence electrons. The van der Waals surface area contributed by atoms with E-state index in [0.717, 1.165) is 24.0 Å². The number of fused-ring (bicyclic) bond motifs is 1. The first-order valence-electron chi connectivity index (χ1n) is 8.40. The minimum absolute atomic E-state index is 0.0378. The Morgan fingerprint density at radius 3 is 2.46 bits per heavy atom. The summed E-state index contributed by atoms with van der Waals surface area (Å²) in [6, 6.07) is 14.5. The van der Waals surface area contributed by atoms with Crippen molar-refractivity contribution in [3.05, 3.63) is 59.7 Å². The van der Waals surface area contributed by atoms with Crippen LogP contribution in [0.5, 0.6) is 0 Å². The third-order valence-electron chi connectivity index (χ3n) is 4.34. The van der Waals surface area contributed by atoms with E-state index in [9.17, 15) is 16.8 Å². The molecule has 0 saturated heterocycles. The second kappa shape index (κ2) is 7.28. The summed E-state index contributed by atoms with van der Waals surface area (Å²) in [5, 5.41) is 0. The van der Waals surface area contributed by atoms with E-state index in [-0.39, 0.29) is 5.75 Å². The fourth-order valence-electron chi connectivity index (χ4n) is 3.08. The minimum Gasteiger partial charge on any atom is -0.283 e. The molecule has 0 radical (unpaired) electrons. The molecule has 0 aromatic heterocycles. The van der Waals surface area contributed by atoms with Crippen LogP contribution in [0, 0.1) is 0 Å². The van der Waals surface area contributed by atoms with Gasteiger partial charge in [-0.3, -0.25) is 9.03 Å². The van der Waals surface area contributed by atoms with Gasteiger partial charge in [0.25, 0.3) is 0 Å². The predicted molar refractivity (Wildman–Crippen MR) is 105 cm³/mol. The molecule has 1 N–H and O–H groups in total. The molecule has 0 atom stereocenters. The van der Waals surface area contributed by atoms with Crippen molar-refractivity contribution in [2.75, 3.05) is 27.6 Å². The van der Waals surface area contributed by atoms with Crippen molar-refractivity contribution in [3.63, 3.8) is 0 Å². The Labute approximate surface area is 155 Å². The van der Waals surface area contributed by atoms with Crippen molar-refractivity contribution in [2.24, 2.45) is 0 Å². The maximum Gasteiger partial charge on any atom is 0.233 e. The van der Waals surface area contributed by atoms with Gasteiger partial charge in [-0.25, -0.2) is 16.8 Å². The van der Waals surface area contributed by atoms with Gasteiger partial charge < -0.3 is 0 Å². The Kier molecular flexibility index (Phi) is 5.24. The predicted octanol–water partition coefficient (Wildman–Crippen LogP) is 2.38. The van der Waals surface area contributed by atoms with E-state index < -0.39 is 20.0 Å². The molecule has 26 heavy (non-hydrogen) atoms. The van der Waals surface area contributed by atoms with E-state index in [1.807, 2.05) is 30.3 Å². The quantitative estimate of drug-likeness (QED) is 0.815. The van der Waals surface area contributed by atoms with Crippen LogP contribution in [-0.4, -0.2) is 35.4 Å². The Bertz CT molecular complexity index is 987. The maximum atomic E-state index is 12.4. The second-order valence-electron chi connectivity index (χ2n) is 6.44. The molecule has 1 aliphatic heterocycles. The van der Waals surface area contributed by atoms with Crippen molar-refractivity contribution >= 4 is 31.4 Å². The summed E-state index contributed by atoms with van der Waals surface area (Å²) in [5.41, 5.74) is 2.80. The largest absolute Gasteiger partial charge is 0.283 e. The number of aryl methyl sites for hydroxylation is 2. The lowest BCUT2D eigenvalue weighted by Gasteiger charge is -2.29. The fraction of sp³-hybridized carbons (Fsp3) is 0.333. The molecule has 0 unspecified atom stereocenters.